The van der Waals surface area contributed by atoms with Gasteiger partial charge in [0.25, 0.3) is 0 Å². The minimum Gasteiger partial charge on any atom is -0.480 e. The number of carboxylic acid groups (broad SMARTS) is 1. The Morgan fingerprint density at radius 2 is 2.50 bits per heavy atom. The van der Waals surface area contributed by atoms with Crippen molar-refractivity contribution in [2.45, 2.75) is 13.0 Å². The molecule has 0 aliphatic rings. The Morgan fingerprint density at radius 1 is 1.83 bits per heavy atom. The van der Waals surface area contributed by atoms with Crippen molar-refractivity contribution in [2.75, 3.05) is 11.9 Å². The van der Waals surface area contributed by atoms with Crippen LogP contribution in [0.2, 0.25) is 0 Å². The lowest BCUT2D eigenvalue weighted by Gasteiger charge is -2.20. The number of aliphatic carboxylic acids is 1. The van der Waals surface area contributed by atoms with E-state index in [0.717, 1.165) is 0 Å². The monoisotopic (exact) mass is 186 g/mol. The summed E-state index contributed by atoms with van der Waals surface area (Å²) in [5.74, 6) is -0.139. The lowest BCUT2D eigenvalue weighted by Crippen LogP contribution is -2.35. The zero-order valence-corrected chi connectivity index (χ0v) is 7.71. The molecule has 1 atom stereocenters. The van der Waals surface area contributed by atoms with Gasteiger partial charge in [-0.15, -0.1) is 11.3 Å². The van der Waals surface area contributed by atoms with Crippen molar-refractivity contribution in [3.8, 4) is 0 Å². The van der Waals surface area contributed by atoms with Gasteiger partial charge >= 0.3 is 5.97 Å². The predicted molar refractivity (Wildman–Crippen MR) is 47.6 cm³/mol. The molecule has 0 aromatic carbocycles. The van der Waals surface area contributed by atoms with Gasteiger partial charge in [0.05, 0.1) is 5.51 Å². The summed E-state index contributed by atoms with van der Waals surface area (Å²) in [5.41, 5.74) is 1.68. The molecule has 12 heavy (non-hydrogen) atoms. The third-order valence-electron chi connectivity index (χ3n) is 1.72. The molecule has 0 saturated heterocycles. The largest absolute Gasteiger partial charge is 0.480 e. The molecule has 1 rings (SSSR count). The summed E-state index contributed by atoms with van der Waals surface area (Å²) in [5, 5.41) is 10.5. The fourth-order valence-corrected chi connectivity index (χ4v) is 1.32. The van der Waals surface area contributed by atoms with Gasteiger partial charge in [-0.3, -0.25) is 0 Å². The van der Waals surface area contributed by atoms with Gasteiger partial charge in [0.15, 0.2) is 0 Å². The highest BCUT2D eigenvalue weighted by molar-refractivity contribution is 7.07. The molecule has 1 aromatic heterocycles. The highest BCUT2D eigenvalue weighted by Crippen LogP contribution is 2.14. The van der Waals surface area contributed by atoms with Crippen LogP contribution in [0.5, 0.6) is 0 Å². The fraction of sp³-hybridized carbons (Fsp3) is 0.429. The number of rotatable bonds is 3. The number of hydrogen-bond acceptors (Lipinski definition) is 4. The molecular formula is C7H10N2O2S. The number of anilines is 1. The van der Waals surface area contributed by atoms with Gasteiger partial charge in [-0.25, -0.2) is 9.78 Å². The molecule has 0 amide bonds. The van der Waals surface area contributed by atoms with Crippen LogP contribution in [0.3, 0.4) is 0 Å². The minimum atomic E-state index is -0.842. The Balaban J connectivity index is 2.71. The standard InChI is InChI=1S/C7H10N2O2S/c1-5(7(10)11)9(2)6-3-12-4-8-6/h3-5H,1-2H3,(H,10,11). The van der Waals surface area contributed by atoms with E-state index in [9.17, 15) is 4.79 Å². The van der Waals surface area contributed by atoms with E-state index < -0.39 is 12.0 Å². The Kier molecular flexibility index (Phi) is 2.65. The van der Waals surface area contributed by atoms with Crippen molar-refractivity contribution in [1.82, 2.24) is 4.98 Å². The summed E-state index contributed by atoms with van der Waals surface area (Å²) in [6.07, 6.45) is 0. The second-order valence-corrected chi connectivity index (χ2v) is 3.19. The van der Waals surface area contributed by atoms with Crippen LogP contribution >= 0.6 is 11.3 Å². The molecule has 0 fully saturated rings. The van der Waals surface area contributed by atoms with E-state index in [1.54, 1.807) is 24.4 Å². The molecule has 0 spiro atoms. The Morgan fingerprint density at radius 3 is 2.92 bits per heavy atom. The van der Waals surface area contributed by atoms with Gasteiger partial charge in [0, 0.05) is 12.4 Å². The molecule has 4 nitrogen and oxygen atoms in total. The first-order valence-electron chi connectivity index (χ1n) is 3.46. The van der Waals surface area contributed by atoms with E-state index in [2.05, 4.69) is 4.98 Å². The molecule has 0 saturated carbocycles. The summed E-state index contributed by atoms with van der Waals surface area (Å²) in [7, 11) is 1.72. The summed E-state index contributed by atoms with van der Waals surface area (Å²) in [6.45, 7) is 1.63. The van der Waals surface area contributed by atoms with Gasteiger partial charge < -0.3 is 10.0 Å². The number of nitrogens with zero attached hydrogens (tertiary/aromatic N) is 2. The zero-order valence-electron chi connectivity index (χ0n) is 6.89. The third-order valence-corrected chi connectivity index (χ3v) is 2.29. The average Bonchev–Trinajstić information content (AvgIpc) is 2.53. The van der Waals surface area contributed by atoms with Crippen LogP contribution in [0.15, 0.2) is 10.9 Å². The van der Waals surface area contributed by atoms with Crippen LogP contribution in [-0.2, 0) is 4.79 Å². The van der Waals surface area contributed by atoms with Crippen molar-refractivity contribution in [1.29, 1.82) is 0 Å². The molecule has 1 heterocycles. The fourth-order valence-electron chi connectivity index (χ4n) is 0.744. The van der Waals surface area contributed by atoms with E-state index in [1.807, 2.05) is 5.38 Å². The van der Waals surface area contributed by atoms with Crippen molar-refractivity contribution in [3.05, 3.63) is 10.9 Å². The van der Waals surface area contributed by atoms with Crippen LogP contribution in [0.1, 0.15) is 6.92 Å². The number of carbonyl (C=O) groups is 1. The van der Waals surface area contributed by atoms with Gasteiger partial charge in [0.1, 0.15) is 11.9 Å². The summed E-state index contributed by atoms with van der Waals surface area (Å²) >= 11 is 1.45. The van der Waals surface area contributed by atoms with Crippen LogP contribution in [0.25, 0.3) is 0 Å². The van der Waals surface area contributed by atoms with Crippen LogP contribution in [0, 0.1) is 0 Å². The maximum Gasteiger partial charge on any atom is 0.326 e. The topological polar surface area (TPSA) is 53.4 Å². The first-order chi connectivity index (χ1) is 5.63. The molecule has 1 unspecified atom stereocenters. The first-order valence-corrected chi connectivity index (χ1v) is 4.41. The SMILES string of the molecule is CC(C(=O)O)N(C)c1cscn1. The van der Waals surface area contributed by atoms with E-state index in [4.69, 9.17) is 5.11 Å². The summed E-state index contributed by atoms with van der Waals surface area (Å²) in [4.78, 5) is 16.2. The van der Waals surface area contributed by atoms with Gasteiger partial charge in [-0.2, -0.15) is 0 Å². The highest BCUT2D eigenvalue weighted by Gasteiger charge is 2.17. The second-order valence-electron chi connectivity index (χ2n) is 2.47. The van der Waals surface area contributed by atoms with Crippen molar-refractivity contribution >= 4 is 23.1 Å². The quantitative estimate of drug-likeness (QED) is 0.766. The summed E-state index contributed by atoms with van der Waals surface area (Å²) < 4.78 is 0. The molecule has 5 heteroatoms. The number of likely N-dealkylation sites (N-methyl/N-ethyl adjacent to an activating group) is 1. The molecule has 66 valence electrons. The maximum atomic E-state index is 10.6. The van der Waals surface area contributed by atoms with E-state index >= 15 is 0 Å². The van der Waals surface area contributed by atoms with Gasteiger partial charge in [-0.1, -0.05) is 0 Å². The third kappa shape index (κ3) is 1.73. The van der Waals surface area contributed by atoms with Gasteiger partial charge in [-0.05, 0) is 6.92 Å². The molecular weight excluding hydrogens is 176 g/mol. The number of thiazole rings is 1. The second kappa shape index (κ2) is 3.53. The molecule has 0 bridgehead atoms. The normalized spacial score (nSPS) is 12.5. The lowest BCUT2D eigenvalue weighted by molar-refractivity contribution is -0.138. The maximum absolute atomic E-state index is 10.6. The van der Waals surface area contributed by atoms with E-state index in [0.29, 0.717) is 5.82 Å². The Hall–Kier alpha value is -1.10. The minimum absolute atomic E-state index is 0.535. The van der Waals surface area contributed by atoms with E-state index in [-0.39, 0.29) is 0 Å². The number of hydrogen-bond donors (Lipinski definition) is 1. The molecule has 1 N–H and O–H groups in total. The summed E-state index contributed by atoms with van der Waals surface area (Å²) in [6, 6.07) is -0.535. The number of carboxylic acids is 1. The molecule has 0 aliphatic carbocycles. The zero-order chi connectivity index (χ0) is 9.14. The smallest absolute Gasteiger partial charge is 0.326 e. The van der Waals surface area contributed by atoms with Crippen molar-refractivity contribution in [2.24, 2.45) is 0 Å². The van der Waals surface area contributed by atoms with Crippen LogP contribution < -0.4 is 4.90 Å². The highest BCUT2D eigenvalue weighted by atomic mass is 32.1. The molecule has 0 radical (unpaired) electrons. The predicted octanol–water partition coefficient (Wildman–Crippen LogP) is 1.05. The Labute approximate surface area is 74.5 Å². The van der Waals surface area contributed by atoms with Crippen molar-refractivity contribution < 1.29 is 9.90 Å². The average molecular weight is 186 g/mol. The number of aromatic nitrogens is 1. The van der Waals surface area contributed by atoms with E-state index in [1.165, 1.54) is 11.3 Å². The van der Waals surface area contributed by atoms with Crippen LogP contribution in [0.4, 0.5) is 5.82 Å². The van der Waals surface area contributed by atoms with Crippen LogP contribution in [-0.4, -0.2) is 29.1 Å². The molecule has 0 aliphatic heterocycles. The molecule has 1 aromatic rings. The Bertz CT molecular complexity index is 260. The lowest BCUT2D eigenvalue weighted by atomic mass is 10.3. The first kappa shape index (κ1) is 8.99. The van der Waals surface area contributed by atoms with Crippen molar-refractivity contribution in [3.63, 3.8) is 0 Å². The van der Waals surface area contributed by atoms with Gasteiger partial charge in [0.2, 0.25) is 0 Å².